The minimum Gasteiger partial charge on any atom is -0.388 e. The first-order valence-corrected chi connectivity index (χ1v) is 6.21. The molecule has 16 heavy (non-hydrogen) atoms. The van der Waals surface area contributed by atoms with Crippen molar-refractivity contribution in [2.75, 3.05) is 13.1 Å². The van der Waals surface area contributed by atoms with Crippen LogP contribution in [0.4, 0.5) is 0 Å². The lowest BCUT2D eigenvalue weighted by Gasteiger charge is -2.28. The summed E-state index contributed by atoms with van der Waals surface area (Å²) in [6, 6.07) is 0.485. The average molecular weight is 227 g/mol. The van der Waals surface area contributed by atoms with E-state index in [1.807, 2.05) is 0 Å². The van der Waals surface area contributed by atoms with Gasteiger partial charge < -0.3 is 10.5 Å². The van der Waals surface area contributed by atoms with Gasteiger partial charge in [-0.15, -0.1) is 0 Å². The molecular weight excluding hydrogens is 202 g/mol. The number of nitrogens with zero attached hydrogens (tertiary/aromatic N) is 1. The highest BCUT2D eigenvalue weighted by molar-refractivity contribution is 5.76. The summed E-state index contributed by atoms with van der Waals surface area (Å²) in [5.74, 6) is 0.270. The molecule has 0 amide bonds. The molecular formula is C12H25N3O. The second-order valence-electron chi connectivity index (χ2n) is 5.01. The number of rotatable bonds is 6. The Morgan fingerprint density at radius 2 is 2.19 bits per heavy atom. The zero-order valence-electron chi connectivity index (χ0n) is 10.7. The van der Waals surface area contributed by atoms with Crippen molar-refractivity contribution in [3.63, 3.8) is 0 Å². The minimum absolute atomic E-state index is 0.270. The number of nitrogens with one attached hydrogen (secondary N) is 1. The van der Waals surface area contributed by atoms with E-state index in [1.165, 1.54) is 6.42 Å². The van der Waals surface area contributed by atoms with Crippen LogP contribution >= 0.6 is 0 Å². The number of hydrogen-bond acceptors (Lipinski definition) is 3. The SMILES string of the molecule is CC1CCC(CN(CCC(=N)N)C(C)C)O1. The van der Waals surface area contributed by atoms with E-state index in [0.29, 0.717) is 24.7 Å². The van der Waals surface area contributed by atoms with Gasteiger partial charge in [0.1, 0.15) is 0 Å². The first kappa shape index (κ1) is 13.5. The molecule has 0 radical (unpaired) electrons. The standard InChI is InChI=1S/C12H25N3O/c1-9(2)15(7-6-12(13)14)8-11-5-4-10(3)16-11/h9-11H,4-8H2,1-3H3,(H3,13,14). The summed E-state index contributed by atoms with van der Waals surface area (Å²) >= 11 is 0. The van der Waals surface area contributed by atoms with E-state index in [4.69, 9.17) is 15.9 Å². The predicted octanol–water partition coefficient (Wildman–Crippen LogP) is 1.59. The highest BCUT2D eigenvalue weighted by Gasteiger charge is 2.24. The topological polar surface area (TPSA) is 62.3 Å². The van der Waals surface area contributed by atoms with Gasteiger partial charge in [-0.25, -0.2) is 0 Å². The van der Waals surface area contributed by atoms with E-state index in [2.05, 4.69) is 25.7 Å². The average Bonchev–Trinajstić information content (AvgIpc) is 2.57. The van der Waals surface area contributed by atoms with Crippen molar-refractivity contribution in [2.45, 2.75) is 58.3 Å². The van der Waals surface area contributed by atoms with Crippen molar-refractivity contribution >= 4 is 5.84 Å². The lowest BCUT2D eigenvalue weighted by atomic mass is 10.1. The zero-order valence-corrected chi connectivity index (χ0v) is 10.7. The largest absolute Gasteiger partial charge is 0.388 e. The molecule has 0 aliphatic carbocycles. The van der Waals surface area contributed by atoms with E-state index in [9.17, 15) is 0 Å². The Bertz CT molecular complexity index is 230. The molecule has 94 valence electrons. The van der Waals surface area contributed by atoms with E-state index in [-0.39, 0.29) is 5.84 Å². The Balaban J connectivity index is 2.35. The fourth-order valence-corrected chi connectivity index (χ4v) is 2.11. The van der Waals surface area contributed by atoms with Gasteiger partial charge in [-0.3, -0.25) is 10.3 Å². The number of ether oxygens (including phenoxy) is 1. The van der Waals surface area contributed by atoms with E-state index < -0.39 is 0 Å². The highest BCUT2D eigenvalue weighted by Crippen LogP contribution is 2.20. The summed E-state index contributed by atoms with van der Waals surface area (Å²) in [6.45, 7) is 8.32. The molecule has 0 aromatic rings. The van der Waals surface area contributed by atoms with Crippen LogP contribution in [0.5, 0.6) is 0 Å². The van der Waals surface area contributed by atoms with Crippen molar-refractivity contribution in [1.82, 2.24) is 4.90 Å². The van der Waals surface area contributed by atoms with Crippen LogP contribution in [0.25, 0.3) is 0 Å². The Morgan fingerprint density at radius 3 is 2.62 bits per heavy atom. The maximum absolute atomic E-state index is 7.27. The fourth-order valence-electron chi connectivity index (χ4n) is 2.11. The van der Waals surface area contributed by atoms with Gasteiger partial charge in [0, 0.05) is 25.6 Å². The van der Waals surface area contributed by atoms with Gasteiger partial charge in [-0.1, -0.05) is 0 Å². The number of nitrogens with two attached hydrogens (primary N) is 1. The molecule has 1 aliphatic heterocycles. The van der Waals surface area contributed by atoms with Crippen LogP contribution in [0.15, 0.2) is 0 Å². The minimum atomic E-state index is 0.270. The summed E-state index contributed by atoms with van der Waals surface area (Å²) in [6.07, 6.45) is 3.75. The molecule has 4 heteroatoms. The number of amidine groups is 1. The third-order valence-corrected chi connectivity index (χ3v) is 3.16. The lowest BCUT2D eigenvalue weighted by molar-refractivity contribution is 0.0254. The van der Waals surface area contributed by atoms with Gasteiger partial charge in [0.05, 0.1) is 18.0 Å². The monoisotopic (exact) mass is 227 g/mol. The van der Waals surface area contributed by atoms with Gasteiger partial charge in [0.2, 0.25) is 0 Å². The van der Waals surface area contributed by atoms with Crippen LogP contribution in [0.2, 0.25) is 0 Å². The summed E-state index contributed by atoms with van der Waals surface area (Å²) in [5.41, 5.74) is 5.40. The molecule has 1 rings (SSSR count). The van der Waals surface area contributed by atoms with E-state index in [0.717, 1.165) is 19.5 Å². The quantitative estimate of drug-likeness (QED) is 0.535. The van der Waals surface area contributed by atoms with Crippen molar-refractivity contribution in [3.8, 4) is 0 Å². The Labute approximate surface area is 98.6 Å². The molecule has 1 saturated heterocycles. The van der Waals surface area contributed by atoms with Gasteiger partial charge in [-0.05, 0) is 33.6 Å². The molecule has 0 bridgehead atoms. The second kappa shape index (κ2) is 6.21. The molecule has 4 nitrogen and oxygen atoms in total. The van der Waals surface area contributed by atoms with Crippen LogP contribution in [-0.4, -0.2) is 42.1 Å². The van der Waals surface area contributed by atoms with Gasteiger partial charge in [-0.2, -0.15) is 0 Å². The van der Waals surface area contributed by atoms with Crippen LogP contribution < -0.4 is 5.73 Å². The number of hydrogen-bond donors (Lipinski definition) is 2. The van der Waals surface area contributed by atoms with Crippen LogP contribution in [-0.2, 0) is 4.74 Å². The van der Waals surface area contributed by atoms with Crippen LogP contribution in [0.1, 0.15) is 40.0 Å². The van der Waals surface area contributed by atoms with E-state index in [1.54, 1.807) is 0 Å². The smallest absolute Gasteiger partial charge is 0.0918 e. The molecule has 2 unspecified atom stereocenters. The molecule has 1 aliphatic rings. The Morgan fingerprint density at radius 1 is 1.50 bits per heavy atom. The third-order valence-electron chi connectivity index (χ3n) is 3.16. The molecule has 0 spiro atoms. The summed E-state index contributed by atoms with van der Waals surface area (Å²) in [4.78, 5) is 2.35. The van der Waals surface area contributed by atoms with Crippen LogP contribution in [0, 0.1) is 5.41 Å². The second-order valence-corrected chi connectivity index (χ2v) is 5.01. The molecule has 1 heterocycles. The predicted molar refractivity (Wildman–Crippen MR) is 66.8 cm³/mol. The molecule has 0 aromatic heterocycles. The first-order chi connectivity index (χ1) is 7.49. The molecule has 0 aromatic carbocycles. The maximum Gasteiger partial charge on any atom is 0.0918 e. The molecule has 2 atom stereocenters. The summed E-state index contributed by atoms with van der Waals surface area (Å²) < 4.78 is 5.82. The van der Waals surface area contributed by atoms with Crippen molar-refractivity contribution in [1.29, 1.82) is 5.41 Å². The molecule has 0 saturated carbocycles. The highest BCUT2D eigenvalue weighted by atomic mass is 16.5. The Kier molecular flexibility index (Phi) is 5.22. The van der Waals surface area contributed by atoms with Crippen molar-refractivity contribution in [3.05, 3.63) is 0 Å². The van der Waals surface area contributed by atoms with E-state index >= 15 is 0 Å². The van der Waals surface area contributed by atoms with Gasteiger partial charge in [0.25, 0.3) is 0 Å². The van der Waals surface area contributed by atoms with Crippen molar-refractivity contribution < 1.29 is 4.74 Å². The fraction of sp³-hybridized carbons (Fsp3) is 0.917. The molecule has 3 N–H and O–H groups in total. The van der Waals surface area contributed by atoms with Gasteiger partial charge >= 0.3 is 0 Å². The summed E-state index contributed by atoms with van der Waals surface area (Å²) in [5, 5.41) is 7.27. The molecule has 1 fully saturated rings. The lowest BCUT2D eigenvalue weighted by Crippen LogP contribution is -2.39. The first-order valence-electron chi connectivity index (χ1n) is 6.21. The summed E-state index contributed by atoms with van der Waals surface area (Å²) in [7, 11) is 0. The van der Waals surface area contributed by atoms with Crippen molar-refractivity contribution in [2.24, 2.45) is 5.73 Å². The zero-order chi connectivity index (χ0) is 12.1. The van der Waals surface area contributed by atoms with Gasteiger partial charge in [0.15, 0.2) is 0 Å². The Hall–Kier alpha value is -0.610. The maximum atomic E-state index is 7.27. The van der Waals surface area contributed by atoms with Crippen LogP contribution in [0.3, 0.4) is 0 Å². The third kappa shape index (κ3) is 4.49. The normalized spacial score (nSPS) is 25.6.